The molecule has 0 radical (unpaired) electrons. The smallest absolute Gasteiger partial charge is 0.261 e. The van der Waals surface area contributed by atoms with Crippen LogP contribution >= 0.6 is 0 Å². The Bertz CT molecular complexity index is 1110. The lowest BCUT2D eigenvalue weighted by Gasteiger charge is -2.19. The van der Waals surface area contributed by atoms with E-state index in [-0.39, 0.29) is 16.6 Å². The predicted molar refractivity (Wildman–Crippen MR) is 108 cm³/mol. The standard InChI is InChI=1S/C18H21N3O5S2/c1-13-4-7-16(21-10-3-11-27(21,23)24)12-18(13)20-28(25,26)17-8-5-15(6-9-17)19-14(2)22/h4-9,12,20H,3,10-11H2,1-2H3,(H,19,22). The summed E-state index contributed by atoms with van der Waals surface area (Å²) in [7, 11) is -7.24. The molecule has 8 nitrogen and oxygen atoms in total. The van der Waals surface area contributed by atoms with Crippen molar-refractivity contribution >= 4 is 43.0 Å². The number of carbonyl (C=O) groups is 1. The minimum absolute atomic E-state index is 0.0280. The number of amides is 1. The monoisotopic (exact) mass is 423 g/mol. The zero-order chi connectivity index (χ0) is 20.5. The molecule has 1 fully saturated rings. The number of aryl methyl sites for hydroxylation is 1. The maximum Gasteiger partial charge on any atom is 0.261 e. The number of benzene rings is 2. The molecular weight excluding hydrogens is 402 g/mol. The van der Waals surface area contributed by atoms with Crippen LogP contribution < -0.4 is 14.3 Å². The Kier molecular flexibility index (Phi) is 5.35. The van der Waals surface area contributed by atoms with Gasteiger partial charge < -0.3 is 5.32 Å². The van der Waals surface area contributed by atoms with Crippen molar-refractivity contribution in [2.24, 2.45) is 0 Å². The van der Waals surface area contributed by atoms with Crippen LogP contribution in [0, 0.1) is 6.92 Å². The van der Waals surface area contributed by atoms with Crippen molar-refractivity contribution in [3.8, 4) is 0 Å². The fourth-order valence-corrected chi connectivity index (χ4v) is 5.61. The lowest BCUT2D eigenvalue weighted by atomic mass is 10.2. The van der Waals surface area contributed by atoms with Crippen molar-refractivity contribution in [1.29, 1.82) is 0 Å². The summed E-state index contributed by atoms with van der Waals surface area (Å²) in [4.78, 5) is 11.1. The molecule has 2 N–H and O–H groups in total. The van der Waals surface area contributed by atoms with Gasteiger partial charge in [0.05, 0.1) is 22.0 Å². The van der Waals surface area contributed by atoms with Gasteiger partial charge in [-0.1, -0.05) is 6.07 Å². The molecule has 0 aliphatic carbocycles. The molecule has 3 rings (SSSR count). The molecule has 0 spiro atoms. The highest BCUT2D eigenvalue weighted by atomic mass is 32.2. The first-order chi connectivity index (χ1) is 13.1. The SMILES string of the molecule is CC(=O)Nc1ccc(S(=O)(=O)Nc2cc(N3CCCS3(=O)=O)ccc2C)cc1. The molecule has 0 saturated carbocycles. The fraction of sp³-hybridized carbons (Fsp3) is 0.278. The minimum atomic E-state index is -3.88. The molecule has 0 bridgehead atoms. The topological polar surface area (TPSA) is 113 Å². The third-order valence-corrected chi connectivity index (χ3v) is 7.59. The number of hydrogen-bond acceptors (Lipinski definition) is 5. The third-order valence-electron chi connectivity index (χ3n) is 4.34. The van der Waals surface area contributed by atoms with E-state index in [1.165, 1.54) is 41.6 Å². The van der Waals surface area contributed by atoms with Gasteiger partial charge in [-0.3, -0.25) is 13.8 Å². The number of nitrogens with zero attached hydrogens (tertiary/aromatic N) is 1. The van der Waals surface area contributed by atoms with Crippen LogP contribution in [0.1, 0.15) is 18.9 Å². The number of carbonyl (C=O) groups excluding carboxylic acids is 1. The number of sulfonamides is 2. The van der Waals surface area contributed by atoms with Gasteiger partial charge >= 0.3 is 0 Å². The predicted octanol–water partition coefficient (Wildman–Crippen LogP) is 2.29. The molecule has 10 heteroatoms. The summed E-state index contributed by atoms with van der Waals surface area (Å²) in [5.74, 6) is -0.166. The Morgan fingerprint density at radius 2 is 1.79 bits per heavy atom. The first-order valence-electron chi connectivity index (χ1n) is 8.60. The number of rotatable bonds is 5. The summed E-state index contributed by atoms with van der Waals surface area (Å²) < 4.78 is 53.5. The quantitative estimate of drug-likeness (QED) is 0.766. The average molecular weight is 424 g/mol. The van der Waals surface area contributed by atoms with Crippen LogP contribution in [0.5, 0.6) is 0 Å². The van der Waals surface area contributed by atoms with Crippen LogP contribution in [0.15, 0.2) is 47.4 Å². The van der Waals surface area contributed by atoms with Gasteiger partial charge in [0.2, 0.25) is 15.9 Å². The molecule has 1 saturated heterocycles. The largest absolute Gasteiger partial charge is 0.326 e. The summed E-state index contributed by atoms with van der Waals surface area (Å²) >= 11 is 0. The number of nitrogens with one attached hydrogen (secondary N) is 2. The summed E-state index contributed by atoms with van der Waals surface area (Å²) in [6.45, 7) is 3.48. The van der Waals surface area contributed by atoms with E-state index in [4.69, 9.17) is 0 Å². The van der Waals surface area contributed by atoms with Crippen molar-refractivity contribution in [2.45, 2.75) is 25.2 Å². The Morgan fingerprint density at radius 3 is 2.36 bits per heavy atom. The first-order valence-corrected chi connectivity index (χ1v) is 11.7. The van der Waals surface area contributed by atoms with E-state index in [0.717, 1.165) is 0 Å². The van der Waals surface area contributed by atoms with Gasteiger partial charge in [-0.05, 0) is 55.3 Å². The molecule has 150 valence electrons. The Hall–Kier alpha value is -2.59. The molecule has 2 aromatic carbocycles. The van der Waals surface area contributed by atoms with E-state index in [1.54, 1.807) is 19.1 Å². The molecule has 2 aromatic rings. The maximum absolute atomic E-state index is 12.7. The van der Waals surface area contributed by atoms with Gasteiger partial charge in [0.1, 0.15) is 0 Å². The molecule has 0 aromatic heterocycles. The molecule has 0 unspecified atom stereocenters. The van der Waals surface area contributed by atoms with Crippen LogP contribution in [0.3, 0.4) is 0 Å². The lowest BCUT2D eigenvalue weighted by molar-refractivity contribution is -0.114. The molecule has 1 aliphatic heterocycles. The van der Waals surface area contributed by atoms with Crippen LogP contribution in [0.4, 0.5) is 17.1 Å². The second kappa shape index (κ2) is 7.44. The molecule has 28 heavy (non-hydrogen) atoms. The minimum Gasteiger partial charge on any atom is -0.326 e. The van der Waals surface area contributed by atoms with Crippen LogP contribution in [-0.4, -0.2) is 35.0 Å². The molecule has 1 aliphatic rings. The Labute approximate surface area is 164 Å². The normalized spacial score (nSPS) is 16.0. The highest BCUT2D eigenvalue weighted by molar-refractivity contribution is 7.93. The van der Waals surface area contributed by atoms with E-state index >= 15 is 0 Å². The second-order valence-electron chi connectivity index (χ2n) is 6.55. The van der Waals surface area contributed by atoms with E-state index in [2.05, 4.69) is 10.0 Å². The number of anilines is 3. The fourth-order valence-electron chi connectivity index (χ4n) is 2.93. The van der Waals surface area contributed by atoms with Crippen LogP contribution in [0.25, 0.3) is 0 Å². The van der Waals surface area contributed by atoms with Crippen molar-refractivity contribution < 1.29 is 21.6 Å². The van der Waals surface area contributed by atoms with Gasteiger partial charge in [-0.25, -0.2) is 16.8 Å². The Balaban J connectivity index is 1.88. The average Bonchev–Trinajstić information content (AvgIpc) is 2.96. The molecule has 1 amide bonds. The van der Waals surface area contributed by atoms with Crippen molar-refractivity contribution in [3.05, 3.63) is 48.0 Å². The van der Waals surface area contributed by atoms with Gasteiger partial charge in [0.15, 0.2) is 0 Å². The van der Waals surface area contributed by atoms with Gasteiger partial charge in [-0.2, -0.15) is 0 Å². The molecule has 1 heterocycles. The lowest BCUT2D eigenvalue weighted by Crippen LogP contribution is -2.25. The van der Waals surface area contributed by atoms with Crippen molar-refractivity contribution in [2.75, 3.05) is 26.6 Å². The third kappa shape index (κ3) is 4.28. The van der Waals surface area contributed by atoms with Crippen LogP contribution in [0.2, 0.25) is 0 Å². The zero-order valence-corrected chi connectivity index (χ0v) is 17.1. The molecule has 0 atom stereocenters. The van der Waals surface area contributed by atoms with E-state index in [0.29, 0.717) is 35.6 Å². The first kappa shape index (κ1) is 20.2. The highest BCUT2D eigenvalue weighted by Crippen LogP contribution is 2.30. The number of hydrogen-bond donors (Lipinski definition) is 2. The molecular formula is C18H21N3O5S2. The Morgan fingerprint density at radius 1 is 1.11 bits per heavy atom. The maximum atomic E-state index is 12.7. The van der Waals surface area contributed by atoms with E-state index in [9.17, 15) is 21.6 Å². The van der Waals surface area contributed by atoms with E-state index < -0.39 is 20.0 Å². The zero-order valence-electron chi connectivity index (χ0n) is 15.5. The summed E-state index contributed by atoms with van der Waals surface area (Å²) in [5, 5.41) is 2.57. The van der Waals surface area contributed by atoms with Gasteiger partial charge in [0, 0.05) is 19.2 Å². The van der Waals surface area contributed by atoms with Crippen molar-refractivity contribution in [1.82, 2.24) is 0 Å². The summed E-state index contributed by atoms with van der Waals surface area (Å²) in [6.07, 6.45) is 0.540. The van der Waals surface area contributed by atoms with Gasteiger partial charge in [-0.15, -0.1) is 0 Å². The van der Waals surface area contributed by atoms with Crippen molar-refractivity contribution in [3.63, 3.8) is 0 Å². The van der Waals surface area contributed by atoms with E-state index in [1.807, 2.05) is 0 Å². The second-order valence-corrected chi connectivity index (χ2v) is 10.2. The van der Waals surface area contributed by atoms with Crippen LogP contribution in [-0.2, 0) is 24.8 Å². The highest BCUT2D eigenvalue weighted by Gasteiger charge is 2.29. The summed E-state index contributed by atoms with van der Waals surface area (Å²) in [5.41, 5.74) is 1.90. The summed E-state index contributed by atoms with van der Waals surface area (Å²) in [6, 6.07) is 10.6. The van der Waals surface area contributed by atoms with Gasteiger partial charge in [0.25, 0.3) is 10.0 Å².